The van der Waals surface area contributed by atoms with Crippen LogP contribution in [-0.4, -0.2) is 36.4 Å². The zero-order valence-corrected chi connectivity index (χ0v) is 18.7. The number of carbonyl (C=O) groups is 1. The summed E-state index contributed by atoms with van der Waals surface area (Å²) in [6.07, 6.45) is 4.10. The summed E-state index contributed by atoms with van der Waals surface area (Å²) in [6.45, 7) is 5.67. The van der Waals surface area contributed by atoms with Crippen LogP contribution in [0, 0.1) is 0 Å². The highest BCUT2D eigenvalue weighted by Gasteiger charge is 2.28. The lowest BCUT2D eigenvalue weighted by molar-refractivity contribution is 0.0915. The van der Waals surface area contributed by atoms with E-state index < -0.39 is 0 Å². The fourth-order valence-corrected chi connectivity index (χ4v) is 5.34. The van der Waals surface area contributed by atoms with Gasteiger partial charge in [0, 0.05) is 11.5 Å². The molecule has 1 unspecified atom stereocenters. The highest BCUT2D eigenvalue weighted by atomic mass is 32.2. The molecular formula is C23H26N2O2S2. The van der Waals surface area contributed by atoms with Gasteiger partial charge >= 0.3 is 0 Å². The monoisotopic (exact) mass is 426 g/mol. The molecule has 2 heterocycles. The lowest BCUT2D eigenvalue weighted by Gasteiger charge is -2.24. The number of fused-ring (bicyclic) bond motifs is 1. The van der Waals surface area contributed by atoms with Crippen molar-refractivity contribution in [3.8, 4) is 0 Å². The number of nitrogens with zero attached hydrogens (tertiary/aromatic N) is 2. The van der Waals surface area contributed by atoms with Crippen LogP contribution in [0.2, 0.25) is 0 Å². The Morgan fingerprint density at radius 2 is 2.10 bits per heavy atom. The van der Waals surface area contributed by atoms with Gasteiger partial charge < -0.3 is 4.74 Å². The van der Waals surface area contributed by atoms with E-state index in [1.165, 1.54) is 5.56 Å². The average Bonchev–Trinajstić information content (AvgIpc) is 3.40. The summed E-state index contributed by atoms with van der Waals surface area (Å²) in [4.78, 5) is 21.4. The van der Waals surface area contributed by atoms with Gasteiger partial charge in [0.1, 0.15) is 0 Å². The molecule has 0 N–H and O–H groups in total. The van der Waals surface area contributed by atoms with Gasteiger partial charge in [0.2, 0.25) is 0 Å². The average molecular weight is 427 g/mol. The van der Waals surface area contributed by atoms with E-state index in [1.807, 2.05) is 35.4 Å². The van der Waals surface area contributed by atoms with E-state index in [-0.39, 0.29) is 12.0 Å². The quantitative estimate of drug-likeness (QED) is 0.456. The van der Waals surface area contributed by atoms with Gasteiger partial charge in [-0.3, -0.25) is 9.69 Å². The van der Waals surface area contributed by atoms with Crippen molar-refractivity contribution in [1.82, 2.24) is 4.98 Å². The molecule has 1 atom stereocenters. The summed E-state index contributed by atoms with van der Waals surface area (Å²) in [5.74, 6) is 0.379. The van der Waals surface area contributed by atoms with Crippen molar-refractivity contribution in [2.45, 2.75) is 43.6 Å². The Bertz CT molecular complexity index is 1010. The van der Waals surface area contributed by atoms with Crippen LogP contribution in [0.1, 0.15) is 48.5 Å². The number of thioether (sulfide) groups is 1. The SMILES string of the molecule is CSc1ccccc1C(=O)N(CC1CCCO1)c1nc2c(C(C)C)cccc2s1. The number of amides is 1. The molecule has 4 nitrogen and oxygen atoms in total. The maximum atomic E-state index is 13.6. The number of hydrogen-bond acceptors (Lipinski definition) is 5. The topological polar surface area (TPSA) is 42.4 Å². The van der Waals surface area contributed by atoms with E-state index in [2.05, 4.69) is 32.0 Å². The fourth-order valence-electron chi connectivity index (χ4n) is 3.75. The lowest BCUT2D eigenvalue weighted by atomic mass is 10.0. The first kappa shape index (κ1) is 20.4. The van der Waals surface area contributed by atoms with E-state index in [9.17, 15) is 4.79 Å². The third-order valence-electron chi connectivity index (χ3n) is 5.28. The Morgan fingerprint density at radius 1 is 1.28 bits per heavy atom. The minimum absolute atomic E-state index is 0.00407. The molecule has 1 saturated heterocycles. The Labute approximate surface area is 180 Å². The van der Waals surface area contributed by atoms with Crippen LogP contribution >= 0.6 is 23.1 Å². The maximum Gasteiger partial charge on any atom is 0.261 e. The Kier molecular flexibility index (Phi) is 6.23. The Balaban J connectivity index is 1.77. The van der Waals surface area contributed by atoms with Gasteiger partial charge in [0.25, 0.3) is 5.91 Å². The van der Waals surface area contributed by atoms with Gasteiger partial charge in [-0.15, -0.1) is 11.8 Å². The van der Waals surface area contributed by atoms with Gasteiger partial charge in [-0.1, -0.05) is 49.4 Å². The molecular weight excluding hydrogens is 400 g/mol. The van der Waals surface area contributed by atoms with Crippen molar-refractivity contribution in [3.05, 3.63) is 53.6 Å². The number of ether oxygens (including phenoxy) is 1. The maximum absolute atomic E-state index is 13.6. The summed E-state index contributed by atoms with van der Waals surface area (Å²) in [5.41, 5.74) is 2.95. The summed E-state index contributed by atoms with van der Waals surface area (Å²) in [5, 5.41) is 0.754. The van der Waals surface area contributed by atoms with Crippen LogP contribution < -0.4 is 4.90 Å². The molecule has 29 heavy (non-hydrogen) atoms. The molecule has 0 aliphatic carbocycles. The van der Waals surface area contributed by atoms with Gasteiger partial charge in [-0.2, -0.15) is 0 Å². The van der Waals surface area contributed by atoms with Gasteiger partial charge in [0.05, 0.1) is 28.4 Å². The molecule has 152 valence electrons. The number of para-hydroxylation sites is 1. The molecule has 1 aliphatic heterocycles. The molecule has 1 aliphatic rings. The number of hydrogen-bond donors (Lipinski definition) is 0. The Hall–Kier alpha value is -1.89. The number of anilines is 1. The summed E-state index contributed by atoms with van der Waals surface area (Å²) < 4.78 is 6.98. The molecule has 0 spiro atoms. The minimum atomic E-state index is -0.00407. The van der Waals surface area contributed by atoms with Crippen LogP contribution in [0.5, 0.6) is 0 Å². The molecule has 4 rings (SSSR count). The van der Waals surface area contributed by atoms with Crippen LogP contribution in [0.25, 0.3) is 10.2 Å². The van der Waals surface area contributed by atoms with Gasteiger partial charge in [0.15, 0.2) is 5.13 Å². The highest BCUT2D eigenvalue weighted by Crippen LogP contribution is 2.35. The largest absolute Gasteiger partial charge is 0.376 e. The molecule has 0 radical (unpaired) electrons. The van der Waals surface area contributed by atoms with E-state index in [0.717, 1.165) is 45.3 Å². The molecule has 6 heteroatoms. The highest BCUT2D eigenvalue weighted by molar-refractivity contribution is 7.98. The fraction of sp³-hybridized carbons (Fsp3) is 0.391. The first-order chi connectivity index (χ1) is 14.1. The second kappa shape index (κ2) is 8.86. The zero-order chi connectivity index (χ0) is 20.4. The van der Waals surface area contributed by atoms with Crippen LogP contribution in [-0.2, 0) is 4.74 Å². The van der Waals surface area contributed by atoms with Crippen molar-refractivity contribution < 1.29 is 9.53 Å². The van der Waals surface area contributed by atoms with Crippen molar-refractivity contribution in [2.24, 2.45) is 0 Å². The molecule has 2 aromatic carbocycles. The summed E-state index contributed by atoms with van der Waals surface area (Å²) in [6, 6.07) is 14.1. The molecule has 0 saturated carbocycles. The number of rotatable bonds is 6. The smallest absolute Gasteiger partial charge is 0.261 e. The molecule has 1 amide bonds. The molecule has 3 aromatic rings. The second-order valence-electron chi connectivity index (χ2n) is 7.60. The van der Waals surface area contributed by atoms with Crippen LogP contribution in [0.15, 0.2) is 47.4 Å². The predicted octanol–water partition coefficient (Wildman–Crippen LogP) is 5.97. The Morgan fingerprint density at radius 3 is 2.83 bits per heavy atom. The van der Waals surface area contributed by atoms with E-state index in [0.29, 0.717) is 12.5 Å². The standard InChI is InChI=1S/C23H26N2O2S2/c1-15(2)17-10-6-12-20-21(17)24-23(29-20)25(14-16-8-7-13-27-16)22(26)18-9-4-5-11-19(18)28-3/h4-6,9-12,15-16H,7-8,13-14H2,1-3H3. The minimum Gasteiger partial charge on any atom is -0.376 e. The molecule has 0 bridgehead atoms. The number of carbonyl (C=O) groups excluding carboxylic acids is 1. The van der Waals surface area contributed by atoms with Crippen molar-refractivity contribution >= 4 is 44.4 Å². The van der Waals surface area contributed by atoms with Crippen LogP contribution in [0.3, 0.4) is 0 Å². The van der Waals surface area contributed by atoms with E-state index in [1.54, 1.807) is 23.1 Å². The molecule has 1 fully saturated rings. The second-order valence-corrected chi connectivity index (χ2v) is 9.45. The first-order valence-corrected chi connectivity index (χ1v) is 12.1. The number of benzene rings is 2. The van der Waals surface area contributed by atoms with Crippen molar-refractivity contribution in [1.29, 1.82) is 0 Å². The van der Waals surface area contributed by atoms with Crippen molar-refractivity contribution in [3.63, 3.8) is 0 Å². The third-order valence-corrected chi connectivity index (χ3v) is 7.12. The first-order valence-electron chi connectivity index (χ1n) is 10.0. The lowest BCUT2D eigenvalue weighted by Crippen LogP contribution is -2.37. The number of aromatic nitrogens is 1. The van der Waals surface area contributed by atoms with Gasteiger partial charge in [-0.05, 0) is 48.8 Å². The predicted molar refractivity (Wildman–Crippen MR) is 123 cm³/mol. The van der Waals surface area contributed by atoms with E-state index in [4.69, 9.17) is 9.72 Å². The van der Waals surface area contributed by atoms with Crippen LogP contribution in [0.4, 0.5) is 5.13 Å². The summed E-state index contributed by atoms with van der Waals surface area (Å²) >= 11 is 3.18. The molecule has 1 aromatic heterocycles. The van der Waals surface area contributed by atoms with Crippen molar-refractivity contribution in [2.75, 3.05) is 24.3 Å². The zero-order valence-electron chi connectivity index (χ0n) is 17.1. The normalized spacial score (nSPS) is 16.6. The summed E-state index contributed by atoms with van der Waals surface area (Å²) in [7, 11) is 0. The third kappa shape index (κ3) is 4.20. The van der Waals surface area contributed by atoms with Gasteiger partial charge in [-0.25, -0.2) is 4.98 Å². The number of thiazole rings is 1. The van der Waals surface area contributed by atoms with E-state index >= 15 is 0 Å².